The molecule has 164 valence electrons. The van der Waals surface area contributed by atoms with Crippen LogP contribution < -0.4 is 10.2 Å². The minimum Gasteiger partial charge on any atom is -0.340 e. The molecule has 0 amide bonds. The summed E-state index contributed by atoms with van der Waals surface area (Å²) >= 11 is 0. The molecule has 0 saturated carbocycles. The van der Waals surface area contributed by atoms with E-state index < -0.39 is 11.7 Å². The fraction of sp³-hybridized carbons (Fsp3) is 0.333. The van der Waals surface area contributed by atoms with Gasteiger partial charge in [-0.3, -0.25) is 0 Å². The lowest BCUT2D eigenvalue weighted by atomic mass is 10.0. The molecule has 0 aliphatic rings. The third-order valence-corrected chi connectivity index (χ3v) is 5.08. The molecule has 0 unspecified atom stereocenters. The Kier molecular flexibility index (Phi) is 6.83. The number of hydrogen-bond acceptors (Lipinski definition) is 4. The van der Waals surface area contributed by atoms with Crippen molar-refractivity contribution in [3.8, 4) is 0 Å². The van der Waals surface area contributed by atoms with Crippen LogP contribution in [0.25, 0.3) is 0 Å². The average molecular weight is 429 g/mol. The van der Waals surface area contributed by atoms with Gasteiger partial charge in [0.2, 0.25) is 5.95 Å². The molecule has 3 rings (SSSR count). The maximum Gasteiger partial charge on any atom is 0.421 e. The summed E-state index contributed by atoms with van der Waals surface area (Å²) in [5.74, 6) is 0.294. The number of benzene rings is 2. The van der Waals surface area contributed by atoms with Crippen molar-refractivity contribution in [2.75, 3.05) is 17.3 Å². The van der Waals surface area contributed by atoms with E-state index in [0.717, 1.165) is 30.3 Å². The molecule has 0 atom stereocenters. The molecule has 0 aliphatic carbocycles. The zero-order valence-corrected chi connectivity index (χ0v) is 18.2. The Morgan fingerprint density at radius 2 is 1.65 bits per heavy atom. The predicted octanol–water partition coefficient (Wildman–Crippen LogP) is 7.08. The van der Waals surface area contributed by atoms with Crippen molar-refractivity contribution in [1.82, 2.24) is 9.97 Å². The van der Waals surface area contributed by atoms with Crippen LogP contribution in [0, 0.1) is 0 Å². The minimum atomic E-state index is -4.57. The van der Waals surface area contributed by atoms with Crippen molar-refractivity contribution in [1.29, 1.82) is 0 Å². The summed E-state index contributed by atoms with van der Waals surface area (Å²) in [5.41, 5.74) is 2.74. The van der Waals surface area contributed by atoms with Crippen molar-refractivity contribution in [2.45, 2.75) is 45.7 Å². The fourth-order valence-electron chi connectivity index (χ4n) is 3.22. The van der Waals surface area contributed by atoms with Crippen molar-refractivity contribution < 1.29 is 13.2 Å². The maximum absolute atomic E-state index is 13.6. The number of anilines is 4. The van der Waals surface area contributed by atoms with Crippen LogP contribution >= 0.6 is 0 Å². The molecule has 0 bridgehead atoms. The van der Waals surface area contributed by atoms with Gasteiger partial charge in [-0.25, -0.2) is 4.98 Å². The van der Waals surface area contributed by atoms with E-state index in [4.69, 9.17) is 0 Å². The Labute approximate surface area is 181 Å². The topological polar surface area (TPSA) is 41.1 Å². The molecule has 1 aromatic heterocycles. The van der Waals surface area contributed by atoms with E-state index >= 15 is 0 Å². The van der Waals surface area contributed by atoms with Crippen LogP contribution in [0.5, 0.6) is 0 Å². The molecule has 1 N–H and O–H groups in total. The molecule has 4 nitrogen and oxygen atoms in total. The highest BCUT2D eigenvalue weighted by Gasteiger charge is 2.35. The maximum atomic E-state index is 13.6. The zero-order chi connectivity index (χ0) is 22.6. The van der Waals surface area contributed by atoms with Gasteiger partial charge in [0.25, 0.3) is 0 Å². The molecule has 0 radical (unpaired) electrons. The highest BCUT2D eigenvalue weighted by atomic mass is 19.4. The van der Waals surface area contributed by atoms with E-state index in [0.29, 0.717) is 11.6 Å². The van der Waals surface area contributed by atoms with Gasteiger partial charge in [-0.2, -0.15) is 18.2 Å². The fourth-order valence-corrected chi connectivity index (χ4v) is 3.22. The van der Waals surface area contributed by atoms with Crippen LogP contribution in [0.1, 0.15) is 49.8 Å². The number of rotatable bonds is 7. The minimum absolute atomic E-state index is 0.176. The van der Waals surface area contributed by atoms with E-state index in [9.17, 15) is 13.2 Å². The smallest absolute Gasteiger partial charge is 0.340 e. The van der Waals surface area contributed by atoms with Crippen molar-refractivity contribution >= 4 is 23.1 Å². The molecule has 3 aromatic rings. The Balaban J connectivity index is 1.92. The summed E-state index contributed by atoms with van der Waals surface area (Å²) in [6.45, 7) is 6.28. The van der Waals surface area contributed by atoms with E-state index in [2.05, 4.69) is 36.1 Å². The molecule has 0 fully saturated rings. The largest absolute Gasteiger partial charge is 0.421 e. The first kappa shape index (κ1) is 22.6. The second-order valence-corrected chi connectivity index (χ2v) is 7.81. The monoisotopic (exact) mass is 428 g/mol. The van der Waals surface area contributed by atoms with Crippen LogP contribution in [0.15, 0.2) is 54.7 Å². The normalized spacial score (nSPS) is 11.6. The Morgan fingerprint density at radius 3 is 2.19 bits per heavy atom. The first-order valence-electron chi connectivity index (χ1n) is 10.3. The lowest BCUT2D eigenvalue weighted by Crippen LogP contribution is -2.17. The van der Waals surface area contributed by atoms with Crippen LogP contribution in [-0.4, -0.2) is 17.0 Å². The van der Waals surface area contributed by atoms with Gasteiger partial charge >= 0.3 is 6.18 Å². The molecule has 0 spiro atoms. The van der Waals surface area contributed by atoms with Crippen LogP contribution in [0.2, 0.25) is 0 Å². The number of hydrogen-bond donors (Lipinski definition) is 1. The molecule has 7 heteroatoms. The van der Waals surface area contributed by atoms with Crippen LogP contribution in [0.3, 0.4) is 0 Å². The number of halogens is 3. The van der Waals surface area contributed by atoms with Crippen molar-refractivity contribution in [2.24, 2.45) is 0 Å². The first-order valence-corrected chi connectivity index (χ1v) is 10.3. The standard InChI is InChI=1S/C24H27F3N4/c1-5-6-17-7-11-19(12-8-17)29-22-21(24(25,26)27)15-28-23(30-22)31(4)20-13-9-18(10-14-20)16(2)3/h7-16H,5-6H2,1-4H3,(H,28,29,30). The lowest BCUT2D eigenvalue weighted by Gasteiger charge is -2.20. The molecule has 31 heavy (non-hydrogen) atoms. The number of aryl methyl sites for hydroxylation is 1. The van der Waals surface area contributed by atoms with Gasteiger partial charge in [0.15, 0.2) is 0 Å². The summed E-state index contributed by atoms with van der Waals surface area (Å²) in [5, 5.41) is 2.82. The molecule has 2 aromatic carbocycles. The summed E-state index contributed by atoms with van der Waals surface area (Å²) < 4.78 is 40.7. The predicted molar refractivity (Wildman–Crippen MR) is 119 cm³/mol. The van der Waals surface area contributed by atoms with Crippen LogP contribution in [0.4, 0.5) is 36.3 Å². The summed E-state index contributed by atoms with van der Waals surface area (Å²) in [6, 6.07) is 15.2. The van der Waals surface area contributed by atoms with Gasteiger partial charge in [0.05, 0.1) is 0 Å². The third kappa shape index (κ3) is 5.54. The lowest BCUT2D eigenvalue weighted by molar-refractivity contribution is -0.137. The Hall–Kier alpha value is -3.09. The molecular formula is C24H27F3N4. The second kappa shape index (κ2) is 9.37. The number of aromatic nitrogens is 2. The molecule has 1 heterocycles. The quantitative estimate of drug-likeness (QED) is 0.436. The molecule has 0 saturated heterocycles. The van der Waals surface area contributed by atoms with Gasteiger partial charge < -0.3 is 10.2 Å². The van der Waals surface area contributed by atoms with Gasteiger partial charge in [-0.1, -0.05) is 51.5 Å². The summed E-state index contributed by atoms with van der Waals surface area (Å²) in [7, 11) is 1.73. The average Bonchev–Trinajstić information content (AvgIpc) is 2.74. The second-order valence-electron chi connectivity index (χ2n) is 7.81. The number of alkyl halides is 3. The van der Waals surface area contributed by atoms with Gasteiger partial charge in [-0.05, 0) is 47.7 Å². The SMILES string of the molecule is CCCc1ccc(Nc2nc(N(C)c3ccc(C(C)C)cc3)ncc2C(F)(F)F)cc1. The summed E-state index contributed by atoms with van der Waals surface area (Å²) in [6.07, 6.45) is -1.81. The van der Waals surface area contributed by atoms with Gasteiger partial charge in [-0.15, -0.1) is 0 Å². The Morgan fingerprint density at radius 1 is 1.00 bits per heavy atom. The Bertz CT molecular complexity index is 997. The van der Waals surface area contributed by atoms with E-state index in [-0.39, 0.29) is 11.8 Å². The highest BCUT2D eigenvalue weighted by molar-refractivity contribution is 5.64. The van der Waals surface area contributed by atoms with Crippen molar-refractivity contribution in [3.63, 3.8) is 0 Å². The molecule has 0 aliphatic heterocycles. The highest BCUT2D eigenvalue weighted by Crippen LogP contribution is 2.36. The van der Waals surface area contributed by atoms with Crippen molar-refractivity contribution in [3.05, 3.63) is 71.4 Å². The molecular weight excluding hydrogens is 401 g/mol. The summed E-state index contributed by atoms with van der Waals surface area (Å²) in [4.78, 5) is 9.85. The van der Waals surface area contributed by atoms with E-state index in [1.165, 1.54) is 5.56 Å². The van der Waals surface area contributed by atoms with Gasteiger partial charge in [0.1, 0.15) is 11.4 Å². The van der Waals surface area contributed by atoms with Gasteiger partial charge in [0, 0.05) is 24.6 Å². The first-order chi connectivity index (χ1) is 14.7. The number of nitrogens with one attached hydrogen (secondary N) is 1. The number of nitrogens with zero attached hydrogens (tertiary/aromatic N) is 3. The van der Waals surface area contributed by atoms with E-state index in [1.54, 1.807) is 24.1 Å². The van der Waals surface area contributed by atoms with E-state index in [1.807, 2.05) is 36.4 Å². The third-order valence-electron chi connectivity index (χ3n) is 5.08. The van der Waals surface area contributed by atoms with Crippen LogP contribution in [-0.2, 0) is 12.6 Å². The zero-order valence-electron chi connectivity index (χ0n) is 18.2.